The lowest BCUT2D eigenvalue weighted by Gasteiger charge is -2.27. The summed E-state index contributed by atoms with van der Waals surface area (Å²) in [5.41, 5.74) is 0.744. The molecule has 1 saturated carbocycles. The second-order valence-corrected chi connectivity index (χ2v) is 11.4. The number of carbonyl (C=O) groups excluding carboxylic acids is 1. The van der Waals surface area contributed by atoms with Crippen LogP contribution in [-0.2, 0) is 4.79 Å². The van der Waals surface area contributed by atoms with Crippen LogP contribution in [0, 0.1) is 0 Å². The molecule has 0 saturated heterocycles. The van der Waals surface area contributed by atoms with E-state index in [0.29, 0.717) is 43.7 Å². The summed E-state index contributed by atoms with van der Waals surface area (Å²) in [6, 6.07) is 5.67. The fourth-order valence-corrected chi connectivity index (χ4v) is 5.72. The summed E-state index contributed by atoms with van der Waals surface area (Å²) in [7, 11) is 0. The van der Waals surface area contributed by atoms with Gasteiger partial charge >= 0.3 is 0 Å². The van der Waals surface area contributed by atoms with E-state index in [4.69, 9.17) is 9.47 Å². The van der Waals surface area contributed by atoms with Crippen LogP contribution in [0.4, 0.5) is 0 Å². The van der Waals surface area contributed by atoms with Crippen molar-refractivity contribution in [2.24, 2.45) is 0 Å². The SMILES string of the molecule is CCCCCCCCCCCCCCCC(=O)N[C@H](CNC1CCCC1)[C@H](O)c1ccc2c(c1)OCCO2. The van der Waals surface area contributed by atoms with Gasteiger partial charge in [0.25, 0.3) is 0 Å². The molecule has 0 bridgehead atoms. The summed E-state index contributed by atoms with van der Waals surface area (Å²) in [5.74, 6) is 1.40. The van der Waals surface area contributed by atoms with Crippen molar-refractivity contribution in [1.29, 1.82) is 0 Å². The van der Waals surface area contributed by atoms with Gasteiger partial charge < -0.3 is 25.2 Å². The van der Waals surface area contributed by atoms with E-state index in [1.165, 1.54) is 96.3 Å². The third-order valence-corrected chi connectivity index (χ3v) is 8.12. The van der Waals surface area contributed by atoms with Crippen molar-refractivity contribution in [2.75, 3.05) is 19.8 Å². The number of unbranched alkanes of at least 4 members (excludes halogenated alkanes) is 12. The van der Waals surface area contributed by atoms with Gasteiger partial charge in [0.1, 0.15) is 19.3 Å². The summed E-state index contributed by atoms with van der Waals surface area (Å²) in [4.78, 5) is 12.8. The molecule has 3 rings (SSSR count). The van der Waals surface area contributed by atoms with Gasteiger partial charge in [-0.25, -0.2) is 0 Å². The van der Waals surface area contributed by atoms with Gasteiger partial charge in [-0.15, -0.1) is 0 Å². The summed E-state index contributed by atoms with van der Waals surface area (Å²) >= 11 is 0. The van der Waals surface area contributed by atoms with E-state index in [9.17, 15) is 9.90 Å². The molecule has 38 heavy (non-hydrogen) atoms. The van der Waals surface area contributed by atoms with Gasteiger partial charge in [-0.1, -0.05) is 103 Å². The van der Waals surface area contributed by atoms with Gasteiger partial charge in [0.15, 0.2) is 11.5 Å². The van der Waals surface area contributed by atoms with Gasteiger partial charge in [-0.05, 0) is 37.0 Å². The molecule has 6 heteroatoms. The molecule has 0 unspecified atom stereocenters. The monoisotopic (exact) mass is 530 g/mol. The van der Waals surface area contributed by atoms with E-state index in [2.05, 4.69) is 17.6 Å². The number of nitrogens with one attached hydrogen (secondary N) is 2. The number of carbonyl (C=O) groups is 1. The van der Waals surface area contributed by atoms with E-state index in [1.54, 1.807) is 0 Å². The quantitative estimate of drug-likeness (QED) is 0.158. The predicted octanol–water partition coefficient (Wildman–Crippen LogP) is 6.99. The van der Waals surface area contributed by atoms with Crippen molar-refractivity contribution in [3.8, 4) is 11.5 Å². The molecule has 1 aliphatic carbocycles. The largest absolute Gasteiger partial charge is 0.486 e. The Morgan fingerprint density at radius 3 is 2.08 bits per heavy atom. The Hall–Kier alpha value is -1.79. The molecule has 0 aromatic heterocycles. The van der Waals surface area contributed by atoms with Crippen molar-refractivity contribution >= 4 is 5.91 Å². The molecule has 3 N–H and O–H groups in total. The molecule has 1 amide bonds. The van der Waals surface area contributed by atoms with Gasteiger partial charge in [0.05, 0.1) is 6.04 Å². The third kappa shape index (κ3) is 11.5. The Morgan fingerprint density at radius 1 is 0.868 bits per heavy atom. The number of hydrogen-bond donors (Lipinski definition) is 3. The fraction of sp³-hybridized carbons (Fsp3) is 0.781. The van der Waals surface area contributed by atoms with Gasteiger partial charge in [0, 0.05) is 19.0 Å². The predicted molar refractivity (Wildman–Crippen MR) is 155 cm³/mol. The lowest BCUT2D eigenvalue weighted by molar-refractivity contribution is -0.122. The maximum absolute atomic E-state index is 12.8. The zero-order valence-electron chi connectivity index (χ0n) is 24.0. The topological polar surface area (TPSA) is 79.8 Å². The first-order chi connectivity index (χ1) is 18.7. The Bertz CT molecular complexity index is 781. The smallest absolute Gasteiger partial charge is 0.220 e. The van der Waals surface area contributed by atoms with E-state index >= 15 is 0 Å². The number of aliphatic hydroxyl groups excluding tert-OH is 1. The molecule has 1 heterocycles. The maximum Gasteiger partial charge on any atom is 0.220 e. The molecule has 216 valence electrons. The van der Waals surface area contributed by atoms with Crippen molar-refractivity contribution in [3.63, 3.8) is 0 Å². The van der Waals surface area contributed by atoms with Crippen molar-refractivity contribution < 1.29 is 19.4 Å². The number of amides is 1. The summed E-state index contributed by atoms with van der Waals surface area (Å²) in [5, 5.41) is 18.0. The van der Waals surface area contributed by atoms with Crippen LogP contribution in [0.2, 0.25) is 0 Å². The van der Waals surface area contributed by atoms with Crippen LogP contribution in [0.15, 0.2) is 18.2 Å². The average molecular weight is 531 g/mol. The number of fused-ring (bicyclic) bond motifs is 1. The normalized spacial score (nSPS) is 16.9. The van der Waals surface area contributed by atoms with Crippen molar-refractivity contribution in [3.05, 3.63) is 23.8 Å². The number of rotatable bonds is 20. The number of ether oxygens (including phenoxy) is 2. The highest BCUT2D eigenvalue weighted by atomic mass is 16.6. The fourth-order valence-electron chi connectivity index (χ4n) is 5.72. The molecule has 1 fully saturated rings. The van der Waals surface area contributed by atoms with Crippen LogP contribution in [0.5, 0.6) is 11.5 Å². The van der Waals surface area contributed by atoms with Crippen LogP contribution in [-0.4, -0.2) is 42.9 Å². The van der Waals surface area contributed by atoms with Crippen molar-refractivity contribution in [1.82, 2.24) is 10.6 Å². The van der Waals surface area contributed by atoms with E-state index in [1.807, 2.05) is 18.2 Å². The standard InChI is InChI=1S/C32H54N2O4/c1-2-3-4-5-6-7-8-9-10-11-12-13-14-19-31(35)34-28(25-33-27-17-15-16-18-27)32(36)26-20-21-29-30(24-26)38-23-22-37-29/h20-21,24,27-28,32-33,36H,2-19,22-23,25H2,1H3,(H,34,35)/t28-,32-/m1/s1. The molecular weight excluding hydrogens is 476 g/mol. The van der Waals surface area contributed by atoms with Gasteiger partial charge in [-0.3, -0.25) is 4.79 Å². The Morgan fingerprint density at radius 2 is 1.45 bits per heavy atom. The van der Waals surface area contributed by atoms with Gasteiger partial charge in [-0.2, -0.15) is 0 Å². The van der Waals surface area contributed by atoms with Crippen LogP contribution < -0.4 is 20.1 Å². The van der Waals surface area contributed by atoms with E-state index in [-0.39, 0.29) is 11.9 Å². The lowest BCUT2D eigenvalue weighted by Crippen LogP contribution is -2.47. The minimum atomic E-state index is -0.810. The van der Waals surface area contributed by atoms with E-state index < -0.39 is 6.10 Å². The third-order valence-electron chi connectivity index (χ3n) is 8.12. The van der Waals surface area contributed by atoms with Crippen LogP contribution in [0.1, 0.15) is 134 Å². The van der Waals surface area contributed by atoms with Crippen LogP contribution in [0.3, 0.4) is 0 Å². The Labute approximate surface area is 231 Å². The Kier molecular flexibility index (Phi) is 15.0. The first kappa shape index (κ1) is 30.7. The van der Waals surface area contributed by atoms with Gasteiger partial charge in [0.2, 0.25) is 5.91 Å². The molecular formula is C32H54N2O4. The highest BCUT2D eigenvalue weighted by Gasteiger charge is 2.26. The zero-order chi connectivity index (χ0) is 26.8. The van der Waals surface area contributed by atoms with E-state index in [0.717, 1.165) is 18.4 Å². The molecule has 0 spiro atoms. The molecule has 1 aliphatic heterocycles. The molecule has 1 aromatic rings. The lowest BCUT2D eigenvalue weighted by atomic mass is 10.0. The minimum Gasteiger partial charge on any atom is -0.486 e. The van der Waals surface area contributed by atoms with Crippen LogP contribution in [0.25, 0.3) is 0 Å². The number of aliphatic hydroxyl groups is 1. The summed E-state index contributed by atoms with van der Waals surface area (Å²) < 4.78 is 11.3. The van der Waals surface area contributed by atoms with Crippen molar-refractivity contribution in [2.45, 2.75) is 141 Å². The zero-order valence-corrected chi connectivity index (χ0v) is 24.0. The maximum atomic E-state index is 12.8. The average Bonchev–Trinajstić information content (AvgIpc) is 3.46. The first-order valence-electron chi connectivity index (χ1n) is 15.8. The van der Waals surface area contributed by atoms with Crippen LogP contribution >= 0.6 is 0 Å². The molecule has 1 aromatic carbocycles. The number of benzene rings is 1. The summed E-state index contributed by atoms with van der Waals surface area (Å²) in [6.45, 7) is 3.88. The molecule has 6 nitrogen and oxygen atoms in total. The molecule has 2 atom stereocenters. The summed E-state index contributed by atoms with van der Waals surface area (Å²) in [6.07, 6.45) is 21.4. The second-order valence-electron chi connectivity index (χ2n) is 11.4. The second kappa shape index (κ2) is 18.5. The highest BCUT2D eigenvalue weighted by molar-refractivity contribution is 5.76. The molecule has 0 radical (unpaired) electrons. The number of hydrogen-bond acceptors (Lipinski definition) is 5. The minimum absolute atomic E-state index is 0.0305. The first-order valence-corrected chi connectivity index (χ1v) is 15.8. The highest BCUT2D eigenvalue weighted by Crippen LogP contribution is 2.33. The molecule has 2 aliphatic rings. The Balaban J connectivity index is 1.34.